The minimum atomic E-state index is -3.71. The number of amides is 1. The van der Waals surface area contributed by atoms with E-state index in [0.29, 0.717) is 48.8 Å². The van der Waals surface area contributed by atoms with Crippen molar-refractivity contribution in [2.75, 3.05) is 31.6 Å². The van der Waals surface area contributed by atoms with Crippen LogP contribution in [-0.4, -0.2) is 54.7 Å². The molecule has 1 aliphatic heterocycles. The number of ether oxygens (including phenoxy) is 1. The van der Waals surface area contributed by atoms with Gasteiger partial charge in [0.2, 0.25) is 15.9 Å². The second-order valence-electron chi connectivity index (χ2n) is 8.31. The third kappa shape index (κ3) is 5.67. The van der Waals surface area contributed by atoms with Crippen LogP contribution in [0.4, 0.5) is 5.69 Å². The van der Waals surface area contributed by atoms with E-state index in [-0.39, 0.29) is 17.3 Å². The van der Waals surface area contributed by atoms with Crippen molar-refractivity contribution in [2.24, 2.45) is 0 Å². The number of aryl methyl sites for hydroxylation is 2. The third-order valence-corrected chi connectivity index (χ3v) is 7.92. The summed E-state index contributed by atoms with van der Waals surface area (Å²) in [6, 6.07) is 15.4. The minimum absolute atomic E-state index is 0.185. The van der Waals surface area contributed by atoms with Gasteiger partial charge in [0.05, 0.1) is 23.8 Å². The number of carbonyl (C=O) groups is 1. The SMILES string of the molecule is CCc1ccc(NC(=O)Cn2nc(-c3ccc(C)c(S(=O)(=O)N4CCOCC4)c3)ccc2=O)cc1. The summed E-state index contributed by atoms with van der Waals surface area (Å²) in [7, 11) is -3.71. The zero-order valence-electron chi connectivity index (χ0n) is 19.7. The van der Waals surface area contributed by atoms with Crippen LogP contribution in [0.5, 0.6) is 0 Å². The Bertz CT molecular complexity index is 1380. The highest BCUT2D eigenvalue weighted by molar-refractivity contribution is 7.89. The number of hydrogen-bond donors (Lipinski definition) is 1. The Labute approximate surface area is 204 Å². The van der Waals surface area contributed by atoms with Gasteiger partial charge in [-0.05, 0) is 48.7 Å². The zero-order valence-corrected chi connectivity index (χ0v) is 20.5. The molecule has 0 bridgehead atoms. The maximum absolute atomic E-state index is 13.2. The Kier molecular flexibility index (Phi) is 7.44. The van der Waals surface area contributed by atoms with Crippen LogP contribution < -0.4 is 10.9 Å². The average molecular weight is 497 g/mol. The molecule has 1 saturated heterocycles. The molecular weight excluding hydrogens is 468 g/mol. The van der Waals surface area contributed by atoms with Gasteiger partial charge in [-0.3, -0.25) is 9.59 Å². The number of morpholine rings is 1. The summed E-state index contributed by atoms with van der Waals surface area (Å²) in [5, 5.41) is 7.10. The fraction of sp³-hybridized carbons (Fsp3) is 0.320. The van der Waals surface area contributed by atoms with E-state index in [1.807, 2.05) is 31.2 Å². The van der Waals surface area contributed by atoms with Gasteiger partial charge < -0.3 is 10.1 Å². The summed E-state index contributed by atoms with van der Waals surface area (Å²) in [5.74, 6) is -0.388. The van der Waals surface area contributed by atoms with E-state index >= 15 is 0 Å². The topological polar surface area (TPSA) is 111 Å². The monoisotopic (exact) mass is 496 g/mol. The molecule has 0 spiro atoms. The lowest BCUT2D eigenvalue weighted by Gasteiger charge is -2.26. The molecule has 1 N–H and O–H groups in total. The molecule has 1 aliphatic rings. The first-order valence-electron chi connectivity index (χ1n) is 11.4. The van der Waals surface area contributed by atoms with Crippen molar-refractivity contribution in [3.8, 4) is 11.3 Å². The van der Waals surface area contributed by atoms with Crippen molar-refractivity contribution in [2.45, 2.75) is 31.7 Å². The van der Waals surface area contributed by atoms with Crippen LogP contribution in [0, 0.1) is 6.92 Å². The summed E-state index contributed by atoms with van der Waals surface area (Å²) < 4.78 is 34.2. The third-order valence-electron chi connectivity index (χ3n) is 5.88. The van der Waals surface area contributed by atoms with E-state index in [2.05, 4.69) is 10.4 Å². The minimum Gasteiger partial charge on any atom is -0.379 e. The zero-order chi connectivity index (χ0) is 25.0. The lowest BCUT2D eigenvalue weighted by atomic mass is 10.1. The fourth-order valence-corrected chi connectivity index (χ4v) is 5.50. The van der Waals surface area contributed by atoms with Crippen LogP contribution in [0.1, 0.15) is 18.1 Å². The Morgan fingerprint density at radius 1 is 1.06 bits per heavy atom. The first kappa shape index (κ1) is 24.8. The molecule has 1 amide bonds. The van der Waals surface area contributed by atoms with Gasteiger partial charge in [-0.15, -0.1) is 0 Å². The van der Waals surface area contributed by atoms with Gasteiger partial charge >= 0.3 is 0 Å². The second kappa shape index (κ2) is 10.5. The van der Waals surface area contributed by atoms with E-state index in [1.165, 1.54) is 16.4 Å². The second-order valence-corrected chi connectivity index (χ2v) is 10.2. The number of nitrogens with zero attached hydrogens (tertiary/aromatic N) is 3. The molecule has 1 fully saturated rings. The molecule has 35 heavy (non-hydrogen) atoms. The van der Waals surface area contributed by atoms with Gasteiger partial charge in [0.25, 0.3) is 5.56 Å². The van der Waals surface area contributed by atoms with Crippen LogP contribution in [-0.2, 0) is 32.5 Å². The summed E-state index contributed by atoms with van der Waals surface area (Å²) >= 11 is 0. The number of aromatic nitrogens is 2. The van der Waals surface area contributed by atoms with E-state index in [0.717, 1.165) is 16.7 Å². The van der Waals surface area contributed by atoms with Gasteiger partial charge in [-0.1, -0.05) is 31.2 Å². The van der Waals surface area contributed by atoms with Crippen molar-refractivity contribution in [1.29, 1.82) is 0 Å². The van der Waals surface area contributed by atoms with E-state index in [9.17, 15) is 18.0 Å². The lowest BCUT2D eigenvalue weighted by molar-refractivity contribution is -0.117. The van der Waals surface area contributed by atoms with Crippen LogP contribution in [0.15, 0.2) is 64.3 Å². The molecule has 2 aromatic carbocycles. The molecule has 3 aromatic rings. The van der Waals surface area contributed by atoms with Crippen molar-refractivity contribution >= 4 is 21.6 Å². The normalized spacial score (nSPS) is 14.6. The van der Waals surface area contributed by atoms with Crippen molar-refractivity contribution in [1.82, 2.24) is 14.1 Å². The number of carbonyl (C=O) groups excluding carboxylic acids is 1. The van der Waals surface area contributed by atoms with Gasteiger partial charge in [-0.25, -0.2) is 13.1 Å². The highest BCUT2D eigenvalue weighted by Crippen LogP contribution is 2.26. The number of anilines is 1. The quantitative estimate of drug-likeness (QED) is 0.538. The van der Waals surface area contributed by atoms with Crippen LogP contribution >= 0.6 is 0 Å². The number of benzene rings is 2. The van der Waals surface area contributed by atoms with E-state index in [4.69, 9.17) is 4.74 Å². The van der Waals surface area contributed by atoms with Crippen molar-refractivity contribution < 1.29 is 17.9 Å². The molecule has 0 saturated carbocycles. The van der Waals surface area contributed by atoms with E-state index in [1.54, 1.807) is 25.1 Å². The summed E-state index contributed by atoms with van der Waals surface area (Å²) in [6.07, 6.45) is 0.898. The van der Waals surface area contributed by atoms with Crippen molar-refractivity contribution in [3.63, 3.8) is 0 Å². The van der Waals surface area contributed by atoms with Crippen molar-refractivity contribution in [3.05, 3.63) is 76.1 Å². The standard InChI is InChI=1S/C25H28N4O5S/c1-3-19-5-8-21(9-6-19)26-24(30)17-29-25(31)11-10-22(27-29)20-7-4-18(2)23(16-20)35(32,33)28-12-14-34-15-13-28/h4-11,16H,3,12-15,17H2,1-2H3,(H,26,30). The number of rotatable bonds is 7. The Morgan fingerprint density at radius 3 is 2.46 bits per heavy atom. The number of nitrogens with one attached hydrogen (secondary N) is 1. The smallest absolute Gasteiger partial charge is 0.267 e. The number of sulfonamides is 1. The summed E-state index contributed by atoms with van der Waals surface area (Å²) in [5.41, 5.74) is 2.89. The van der Waals surface area contributed by atoms with Crippen LogP contribution in [0.2, 0.25) is 0 Å². The predicted molar refractivity (Wildman–Crippen MR) is 133 cm³/mol. The molecule has 4 rings (SSSR count). The lowest BCUT2D eigenvalue weighted by Crippen LogP contribution is -2.40. The highest BCUT2D eigenvalue weighted by atomic mass is 32.2. The first-order valence-corrected chi connectivity index (χ1v) is 12.9. The van der Waals surface area contributed by atoms with Crippen LogP contribution in [0.25, 0.3) is 11.3 Å². The number of hydrogen-bond acceptors (Lipinski definition) is 6. The first-order chi connectivity index (χ1) is 16.8. The molecule has 10 heteroatoms. The molecule has 0 unspecified atom stereocenters. The molecule has 1 aromatic heterocycles. The maximum Gasteiger partial charge on any atom is 0.267 e. The summed E-state index contributed by atoms with van der Waals surface area (Å²) in [4.78, 5) is 25.1. The molecular formula is C25H28N4O5S. The molecule has 9 nitrogen and oxygen atoms in total. The Balaban J connectivity index is 1.57. The Hall–Kier alpha value is -3.34. The van der Waals surface area contributed by atoms with E-state index < -0.39 is 15.6 Å². The van der Waals surface area contributed by atoms with Gasteiger partial charge in [0.1, 0.15) is 6.54 Å². The molecule has 184 valence electrons. The summed E-state index contributed by atoms with van der Waals surface area (Å²) in [6.45, 7) is 4.82. The van der Waals surface area contributed by atoms with Crippen LogP contribution in [0.3, 0.4) is 0 Å². The predicted octanol–water partition coefficient (Wildman–Crippen LogP) is 2.44. The molecule has 0 radical (unpaired) electrons. The maximum atomic E-state index is 13.2. The Morgan fingerprint density at radius 2 is 1.77 bits per heavy atom. The molecule has 0 aliphatic carbocycles. The van der Waals surface area contributed by atoms with Gasteiger partial charge in [-0.2, -0.15) is 9.40 Å². The van der Waals surface area contributed by atoms with Gasteiger partial charge in [0.15, 0.2) is 0 Å². The highest BCUT2D eigenvalue weighted by Gasteiger charge is 2.28. The largest absolute Gasteiger partial charge is 0.379 e. The molecule has 0 atom stereocenters. The average Bonchev–Trinajstić information content (AvgIpc) is 2.86. The molecule has 2 heterocycles. The van der Waals surface area contributed by atoms with Gasteiger partial charge in [0, 0.05) is 30.4 Å². The fourth-order valence-electron chi connectivity index (χ4n) is 3.84.